The first-order chi connectivity index (χ1) is 13.8. The highest BCUT2D eigenvalue weighted by atomic mass is 35.5. The predicted octanol–water partition coefficient (Wildman–Crippen LogP) is 3.44. The Morgan fingerprint density at radius 3 is 2.34 bits per heavy atom. The number of sulfonamides is 1. The molecule has 158 valence electrons. The average molecular weight is 456 g/mol. The molecule has 0 aliphatic carbocycles. The molecule has 1 amide bonds. The fraction of sp³-hybridized carbons (Fsp3) is 0.450. The summed E-state index contributed by atoms with van der Waals surface area (Å²) in [5.74, 6) is -0.0670. The van der Waals surface area contributed by atoms with Crippen LogP contribution in [0.15, 0.2) is 41.3 Å². The van der Waals surface area contributed by atoms with E-state index in [1.165, 1.54) is 17.0 Å². The van der Waals surface area contributed by atoms with E-state index < -0.39 is 10.0 Å². The number of benzene rings is 1. The Kier molecular flexibility index (Phi) is 7.34. The predicted molar refractivity (Wildman–Crippen MR) is 117 cm³/mol. The monoisotopic (exact) mass is 455 g/mol. The van der Waals surface area contributed by atoms with Gasteiger partial charge in [0.05, 0.1) is 9.23 Å². The molecule has 9 heteroatoms. The molecule has 0 spiro atoms. The molecule has 1 aromatic carbocycles. The first-order valence-electron chi connectivity index (χ1n) is 9.66. The summed E-state index contributed by atoms with van der Waals surface area (Å²) >= 11 is 7.57. The number of halogens is 1. The summed E-state index contributed by atoms with van der Waals surface area (Å²) in [6.07, 6.45) is 0.710. The molecule has 1 atom stereocenters. The zero-order valence-electron chi connectivity index (χ0n) is 16.6. The lowest BCUT2D eigenvalue weighted by Gasteiger charge is -2.34. The number of piperazine rings is 1. The Bertz CT molecular complexity index is 936. The van der Waals surface area contributed by atoms with E-state index in [9.17, 15) is 13.2 Å². The third kappa shape index (κ3) is 5.79. The van der Waals surface area contributed by atoms with Gasteiger partial charge in [-0.2, -0.15) is 0 Å². The van der Waals surface area contributed by atoms with Crippen molar-refractivity contribution in [3.8, 4) is 0 Å². The number of carbonyl (C=O) groups excluding carboxylic acids is 1. The Morgan fingerprint density at radius 1 is 1.14 bits per heavy atom. The van der Waals surface area contributed by atoms with Crippen LogP contribution in [0, 0.1) is 0 Å². The largest absolute Gasteiger partial charge is 0.336 e. The van der Waals surface area contributed by atoms with Crippen LogP contribution < -0.4 is 4.72 Å². The second-order valence-electron chi connectivity index (χ2n) is 7.23. The van der Waals surface area contributed by atoms with Crippen LogP contribution in [0.4, 0.5) is 0 Å². The van der Waals surface area contributed by atoms with Gasteiger partial charge in [0.2, 0.25) is 10.0 Å². The van der Waals surface area contributed by atoms with Crippen molar-refractivity contribution in [3.63, 3.8) is 0 Å². The lowest BCUT2D eigenvalue weighted by molar-refractivity contribution is 0.0629. The molecule has 2 heterocycles. The molecule has 0 saturated carbocycles. The fourth-order valence-electron chi connectivity index (χ4n) is 3.14. The van der Waals surface area contributed by atoms with E-state index in [1.54, 1.807) is 23.5 Å². The number of rotatable bonds is 7. The van der Waals surface area contributed by atoms with Gasteiger partial charge >= 0.3 is 0 Å². The molecule has 1 fully saturated rings. The molecule has 1 aliphatic rings. The van der Waals surface area contributed by atoms with Gasteiger partial charge in [-0.25, -0.2) is 13.1 Å². The van der Waals surface area contributed by atoms with E-state index >= 15 is 0 Å². The molecule has 1 aromatic heterocycles. The maximum Gasteiger partial charge on any atom is 0.253 e. The normalized spacial score (nSPS) is 16.7. The number of carbonyl (C=O) groups is 1. The first-order valence-corrected chi connectivity index (χ1v) is 12.3. The molecule has 1 N–H and O–H groups in total. The average Bonchev–Trinajstić information content (AvgIpc) is 3.12. The van der Waals surface area contributed by atoms with Gasteiger partial charge in [0.1, 0.15) is 0 Å². The minimum absolute atomic E-state index is 0.0670. The van der Waals surface area contributed by atoms with Crippen molar-refractivity contribution in [2.45, 2.75) is 37.8 Å². The van der Waals surface area contributed by atoms with E-state index in [0.717, 1.165) is 24.0 Å². The highest BCUT2D eigenvalue weighted by molar-refractivity contribution is 7.89. The topological polar surface area (TPSA) is 69.7 Å². The number of thiophene rings is 1. The van der Waals surface area contributed by atoms with E-state index in [2.05, 4.69) is 9.62 Å². The summed E-state index contributed by atoms with van der Waals surface area (Å²) in [7, 11) is -3.56. The number of hydrogen-bond acceptors (Lipinski definition) is 5. The lowest BCUT2D eigenvalue weighted by Crippen LogP contribution is -2.48. The van der Waals surface area contributed by atoms with Gasteiger partial charge in [0, 0.05) is 49.2 Å². The van der Waals surface area contributed by atoms with Gasteiger partial charge in [-0.3, -0.25) is 9.69 Å². The highest BCUT2D eigenvalue weighted by Crippen LogP contribution is 2.23. The molecule has 0 unspecified atom stereocenters. The van der Waals surface area contributed by atoms with Gasteiger partial charge < -0.3 is 4.90 Å². The molecule has 6 nitrogen and oxygen atoms in total. The van der Waals surface area contributed by atoms with E-state index in [4.69, 9.17) is 11.6 Å². The van der Waals surface area contributed by atoms with Gasteiger partial charge in [-0.1, -0.05) is 18.5 Å². The summed E-state index contributed by atoms with van der Waals surface area (Å²) < 4.78 is 28.1. The van der Waals surface area contributed by atoms with Crippen LogP contribution in [-0.4, -0.2) is 56.3 Å². The summed E-state index contributed by atoms with van der Waals surface area (Å²) in [6.45, 7) is 7.47. The fourth-order valence-corrected chi connectivity index (χ4v) is 5.60. The number of hydrogen-bond donors (Lipinski definition) is 1. The molecular formula is C20H26ClN3O3S2. The van der Waals surface area contributed by atoms with Crippen molar-refractivity contribution in [1.82, 2.24) is 14.5 Å². The van der Waals surface area contributed by atoms with Crippen LogP contribution >= 0.6 is 22.9 Å². The van der Waals surface area contributed by atoms with E-state index in [0.29, 0.717) is 25.1 Å². The smallest absolute Gasteiger partial charge is 0.253 e. The van der Waals surface area contributed by atoms with Crippen molar-refractivity contribution in [2.24, 2.45) is 0 Å². The van der Waals surface area contributed by atoms with Crippen LogP contribution in [0.1, 0.15) is 35.5 Å². The minimum atomic E-state index is -3.56. The molecule has 1 saturated heterocycles. The van der Waals surface area contributed by atoms with Crippen LogP contribution in [0.3, 0.4) is 0 Å². The number of nitrogens with zero attached hydrogens (tertiary/aromatic N) is 2. The molecule has 0 bridgehead atoms. The third-order valence-electron chi connectivity index (χ3n) is 5.05. The summed E-state index contributed by atoms with van der Waals surface area (Å²) in [6, 6.07) is 9.98. The standard InChI is InChI=1S/C20H26ClN3O3S2/c1-3-15(2)22-29(26,27)18-7-4-16(5-8-18)20(25)24-12-10-23(11-13-24)14-17-6-9-19(21)28-17/h4-9,15,22H,3,10-14H2,1-2H3/t15-/m1/s1. The Hall–Kier alpha value is -1.45. The highest BCUT2D eigenvalue weighted by Gasteiger charge is 2.23. The summed E-state index contributed by atoms with van der Waals surface area (Å²) in [5, 5.41) is 0. The summed E-state index contributed by atoms with van der Waals surface area (Å²) in [5.41, 5.74) is 0.506. The van der Waals surface area contributed by atoms with Crippen LogP contribution in [0.2, 0.25) is 4.34 Å². The Morgan fingerprint density at radius 2 is 1.79 bits per heavy atom. The molecular weight excluding hydrogens is 430 g/mol. The van der Waals surface area contributed by atoms with Gasteiger partial charge in [0.15, 0.2) is 0 Å². The van der Waals surface area contributed by atoms with Gasteiger partial charge in [0.25, 0.3) is 5.91 Å². The number of amides is 1. The Balaban J connectivity index is 1.57. The molecule has 3 rings (SSSR count). The Labute approximate surface area is 181 Å². The number of nitrogens with one attached hydrogen (secondary N) is 1. The molecule has 2 aromatic rings. The first kappa shape index (κ1) is 22.2. The van der Waals surface area contributed by atoms with Crippen LogP contribution in [0.5, 0.6) is 0 Å². The summed E-state index contributed by atoms with van der Waals surface area (Å²) in [4.78, 5) is 18.3. The second-order valence-corrected chi connectivity index (χ2v) is 10.7. The van der Waals surface area contributed by atoms with Crippen molar-refractivity contribution < 1.29 is 13.2 Å². The third-order valence-corrected chi connectivity index (χ3v) is 7.87. The van der Waals surface area contributed by atoms with Crippen molar-refractivity contribution in [3.05, 3.63) is 51.2 Å². The second kappa shape index (κ2) is 9.57. The SMILES string of the molecule is CC[C@@H](C)NS(=O)(=O)c1ccc(C(=O)N2CCN(Cc3ccc(Cl)s3)CC2)cc1. The lowest BCUT2D eigenvalue weighted by atomic mass is 10.2. The van der Waals surface area contributed by atoms with Crippen molar-refractivity contribution in [2.75, 3.05) is 26.2 Å². The maximum atomic E-state index is 12.8. The quantitative estimate of drug-likeness (QED) is 0.694. The minimum Gasteiger partial charge on any atom is -0.336 e. The van der Waals surface area contributed by atoms with Crippen LogP contribution in [0.25, 0.3) is 0 Å². The van der Waals surface area contributed by atoms with Gasteiger partial charge in [-0.05, 0) is 49.7 Å². The van der Waals surface area contributed by atoms with Crippen LogP contribution in [-0.2, 0) is 16.6 Å². The van der Waals surface area contributed by atoms with E-state index in [1.807, 2.05) is 30.9 Å². The molecule has 0 radical (unpaired) electrons. The van der Waals surface area contributed by atoms with Gasteiger partial charge in [-0.15, -0.1) is 11.3 Å². The van der Waals surface area contributed by atoms with E-state index in [-0.39, 0.29) is 16.8 Å². The molecule has 1 aliphatic heterocycles. The van der Waals surface area contributed by atoms with Crippen molar-refractivity contribution in [1.29, 1.82) is 0 Å². The van der Waals surface area contributed by atoms with Crippen molar-refractivity contribution >= 4 is 38.9 Å². The maximum absolute atomic E-state index is 12.8. The zero-order chi connectivity index (χ0) is 21.0. The zero-order valence-corrected chi connectivity index (χ0v) is 19.0. The molecule has 29 heavy (non-hydrogen) atoms.